The van der Waals surface area contributed by atoms with E-state index >= 15 is 0 Å². The molecular formula is C12H17NO2S. The molecule has 1 aromatic rings. The van der Waals surface area contributed by atoms with Crippen LogP contribution in [0, 0.1) is 5.41 Å². The van der Waals surface area contributed by atoms with Gasteiger partial charge in [0.2, 0.25) is 0 Å². The summed E-state index contributed by atoms with van der Waals surface area (Å²) in [7, 11) is -2.62. The van der Waals surface area contributed by atoms with E-state index in [2.05, 4.69) is 4.36 Å². The highest BCUT2D eigenvalue weighted by Crippen LogP contribution is 2.18. The molecule has 0 aliphatic heterocycles. The van der Waals surface area contributed by atoms with Gasteiger partial charge in [-0.15, -0.1) is 0 Å². The largest absolute Gasteiger partial charge is 0.271 e. The predicted octanol–water partition coefficient (Wildman–Crippen LogP) is 2.72. The van der Waals surface area contributed by atoms with Crippen molar-refractivity contribution in [2.24, 2.45) is 9.78 Å². The van der Waals surface area contributed by atoms with Crippen LogP contribution in [0.2, 0.25) is 0 Å². The van der Waals surface area contributed by atoms with Crippen molar-refractivity contribution in [2.75, 3.05) is 6.26 Å². The second-order valence-electron chi connectivity index (χ2n) is 4.76. The van der Waals surface area contributed by atoms with Crippen molar-refractivity contribution < 1.29 is 9.00 Å². The third-order valence-electron chi connectivity index (χ3n) is 2.08. The Kier molecular flexibility index (Phi) is 3.53. The molecule has 3 nitrogen and oxygen atoms in total. The van der Waals surface area contributed by atoms with Crippen molar-refractivity contribution in [3.8, 4) is 0 Å². The fourth-order valence-electron chi connectivity index (χ4n) is 1.02. The number of rotatable bonds is 1. The maximum atomic E-state index is 12.3. The van der Waals surface area contributed by atoms with Crippen molar-refractivity contribution in [3.63, 3.8) is 0 Å². The number of carbonyl (C=O) groups excluding carboxylic acids is 1. The molecule has 0 unspecified atom stereocenters. The van der Waals surface area contributed by atoms with Crippen LogP contribution in [0.25, 0.3) is 0 Å². The lowest BCUT2D eigenvalue weighted by Gasteiger charge is -2.13. The Hall–Kier alpha value is -1.16. The second-order valence-corrected chi connectivity index (χ2v) is 7.02. The maximum absolute atomic E-state index is 12.3. The first-order chi connectivity index (χ1) is 7.23. The van der Waals surface area contributed by atoms with Gasteiger partial charge in [0.1, 0.15) is 0 Å². The van der Waals surface area contributed by atoms with Gasteiger partial charge in [-0.05, 0) is 12.1 Å². The van der Waals surface area contributed by atoms with Gasteiger partial charge in [0.25, 0.3) is 5.91 Å². The van der Waals surface area contributed by atoms with Gasteiger partial charge in [0.15, 0.2) is 0 Å². The molecule has 88 valence electrons. The Morgan fingerprint density at radius 3 is 2.12 bits per heavy atom. The predicted molar refractivity (Wildman–Crippen MR) is 65.7 cm³/mol. The lowest BCUT2D eigenvalue weighted by atomic mass is 9.96. The van der Waals surface area contributed by atoms with E-state index in [4.69, 9.17) is 0 Å². The van der Waals surface area contributed by atoms with Gasteiger partial charge >= 0.3 is 0 Å². The zero-order chi connectivity index (χ0) is 12.4. The van der Waals surface area contributed by atoms with E-state index in [1.165, 1.54) is 6.26 Å². The topological polar surface area (TPSA) is 46.5 Å². The molecule has 0 saturated carbocycles. The molecule has 0 aliphatic carbocycles. The molecule has 0 radical (unpaired) electrons. The van der Waals surface area contributed by atoms with Crippen molar-refractivity contribution in [3.05, 3.63) is 30.3 Å². The molecule has 0 aromatic heterocycles. The number of benzene rings is 1. The Morgan fingerprint density at radius 2 is 1.69 bits per heavy atom. The van der Waals surface area contributed by atoms with E-state index in [0.717, 1.165) is 0 Å². The van der Waals surface area contributed by atoms with Crippen LogP contribution in [0.15, 0.2) is 39.6 Å². The Labute approximate surface area is 97.1 Å². The highest BCUT2D eigenvalue weighted by molar-refractivity contribution is 7.93. The fraction of sp³-hybridized carbons (Fsp3) is 0.417. The van der Waals surface area contributed by atoms with E-state index in [-0.39, 0.29) is 5.91 Å². The number of hydrogen-bond donors (Lipinski definition) is 0. The van der Waals surface area contributed by atoms with E-state index in [0.29, 0.717) is 4.90 Å². The van der Waals surface area contributed by atoms with E-state index in [1.54, 1.807) is 45.0 Å². The number of carbonyl (C=O) groups is 1. The van der Waals surface area contributed by atoms with Gasteiger partial charge in [0, 0.05) is 16.6 Å². The van der Waals surface area contributed by atoms with Crippen molar-refractivity contribution in [1.29, 1.82) is 0 Å². The Morgan fingerprint density at radius 1 is 1.19 bits per heavy atom. The van der Waals surface area contributed by atoms with E-state index < -0.39 is 15.1 Å². The summed E-state index contributed by atoms with van der Waals surface area (Å²) < 4.78 is 16.1. The van der Waals surface area contributed by atoms with E-state index in [1.807, 2.05) is 6.07 Å². The normalized spacial score (nSPS) is 15.2. The number of nitrogens with zero attached hydrogens (tertiary/aromatic N) is 1. The van der Waals surface area contributed by atoms with Gasteiger partial charge in [-0.25, -0.2) is 4.21 Å². The number of amides is 1. The zero-order valence-electron chi connectivity index (χ0n) is 10.1. The van der Waals surface area contributed by atoms with Crippen LogP contribution >= 0.6 is 0 Å². The van der Waals surface area contributed by atoms with Gasteiger partial charge in [-0.2, -0.15) is 4.36 Å². The van der Waals surface area contributed by atoms with Crippen LogP contribution in [0.3, 0.4) is 0 Å². The lowest BCUT2D eigenvalue weighted by Crippen LogP contribution is -2.19. The minimum Gasteiger partial charge on any atom is -0.271 e. The molecule has 0 aliphatic rings. The molecule has 0 bridgehead atoms. The lowest BCUT2D eigenvalue weighted by molar-refractivity contribution is -0.124. The highest BCUT2D eigenvalue weighted by atomic mass is 32.2. The first-order valence-electron chi connectivity index (χ1n) is 5.05. The molecule has 1 amide bonds. The molecule has 1 atom stereocenters. The van der Waals surface area contributed by atoms with Gasteiger partial charge < -0.3 is 0 Å². The van der Waals surface area contributed by atoms with Crippen LogP contribution in [0.4, 0.5) is 0 Å². The molecular weight excluding hydrogens is 222 g/mol. The SMILES string of the molecule is CC(C)(C)C(=O)N=[S@@](C)(=O)c1ccccc1. The second kappa shape index (κ2) is 4.37. The summed E-state index contributed by atoms with van der Waals surface area (Å²) in [5.41, 5.74) is -0.590. The third-order valence-corrected chi connectivity index (χ3v) is 3.74. The summed E-state index contributed by atoms with van der Waals surface area (Å²) in [6.45, 7) is 5.29. The first kappa shape index (κ1) is 12.9. The number of hydrogen-bond acceptors (Lipinski definition) is 2. The molecule has 0 saturated heterocycles. The molecule has 0 N–H and O–H groups in total. The summed E-state index contributed by atoms with van der Waals surface area (Å²) >= 11 is 0. The monoisotopic (exact) mass is 239 g/mol. The molecule has 16 heavy (non-hydrogen) atoms. The first-order valence-corrected chi connectivity index (χ1v) is 6.97. The average molecular weight is 239 g/mol. The highest BCUT2D eigenvalue weighted by Gasteiger charge is 2.22. The smallest absolute Gasteiger partial charge is 0.259 e. The molecule has 1 aromatic carbocycles. The van der Waals surface area contributed by atoms with Crippen molar-refractivity contribution >= 4 is 15.6 Å². The zero-order valence-corrected chi connectivity index (χ0v) is 10.9. The summed E-state index contributed by atoms with van der Waals surface area (Å²) in [4.78, 5) is 12.3. The minimum atomic E-state index is -2.62. The quantitative estimate of drug-likeness (QED) is 0.756. The van der Waals surface area contributed by atoms with Crippen molar-refractivity contribution in [2.45, 2.75) is 25.7 Å². The van der Waals surface area contributed by atoms with Gasteiger partial charge in [0.05, 0.1) is 9.73 Å². The van der Waals surface area contributed by atoms with Crippen LogP contribution < -0.4 is 0 Å². The van der Waals surface area contributed by atoms with Gasteiger partial charge in [-0.1, -0.05) is 39.0 Å². The molecule has 0 fully saturated rings. The van der Waals surface area contributed by atoms with E-state index in [9.17, 15) is 9.00 Å². The van der Waals surface area contributed by atoms with Crippen LogP contribution in [-0.4, -0.2) is 16.4 Å². The minimum absolute atomic E-state index is 0.330. The molecule has 1 rings (SSSR count). The van der Waals surface area contributed by atoms with Crippen molar-refractivity contribution in [1.82, 2.24) is 0 Å². The standard InChI is InChI=1S/C12H17NO2S/c1-12(2,3)11(14)13-16(4,15)10-8-6-5-7-9-10/h5-9H,1-4H3/t16-/m0/s1. The van der Waals surface area contributed by atoms with Crippen LogP contribution in [-0.2, 0) is 14.5 Å². The molecule has 0 spiro atoms. The summed E-state index contributed by atoms with van der Waals surface area (Å²) in [5, 5.41) is 0. The third kappa shape index (κ3) is 3.17. The van der Waals surface area contributed by atoms with Crippen LogP contribution in [0.1, 0.15) is 20.8 Å². The van der Waals surface area contributed by atoms with Gasteiger partial charge in [-0.3, -0.25) is 4.79 Å². The summed E-state index contributed by atoms with van der Waals surface area (Å²) in [6.07, 6.45) is 1.49. The fourth-order valence-corrected chi connectivity index (χ4v) is 2.38. The molecule has 4 heteroatoms. The summed E-state index contributed by atoms with van der Waals surface area (Å²) in [6, 6.07) is 8.86. The summed E-state index contributed by atoms with van der Waals surface area (Å²) in [5.74, 6) is -0.330. The Bertz CT molecular complexity index is 492. The molecule has 0 heterocycles. The maximum Gasteiger partial charge on any atom is 0.259 e. The Balaban J connectivity index is 3.19. The average Bonchev–Trinajstić information content (AvgIpc) is 2.17. The van der Waals surface area contributed by atoms with Crippen LogP contribution in [0.5, 0.6) is 0 Å².